The van der Waals surface area contributed by atoms with Crippen LogP contribution in [0.5, 0.6) is 5.75 Å². The van der Waals surface area contributed by atoms with Gasteiger partial charge in [0.25, 0.3) is 0 Å². The summed E-state index contributed by atoms with van der Waals surface area (Å²) in [5, 5.41) is 2.95. The van der Waals surface area contributed by atoms with Crippen LogP contribution in [0.2, 0.25) is 0 Å². The molecule has 4 nitrogen and oxygen atoms in total. The third-order valence-electron chi connectivity index (χ3n) is 3.04. The third-order valence-corrected chi connectivity index (χ3v) is 3.04. The molecule has 1 aliphatic heterocycles. The van der Waals surface area contributed by atoms with E-state index in [1.54, 1.807) is 0 Å². The second kappa shape index (κ2) is 6.40. The summed E-state index contributed by atoms with van der Waals surface area (Å²) in [6.45, 7) is 3.86. The van der Waals surface area contributed by atoms with Crippen molar-refractivity contribution in [1.29, 1.82) is 0 Å². The van der Waals surface area contributed by atoms with E-state index >= 15 is 0 Å². The summed E-state index contributed by atoms with van der Waals surface area (Å²) in [7, 11) is 0. The van der Waals surface area contributed by atoms with Gasteiger partial charge in [0, 0.05) is 19.1 Å². The van der Waals surface area contributed by atoms with Gasteiger partial charge in [0.15, 0.2) is 0 Å². The molecular formula is C14H19NO3. The number of hydrogen-bond donors (Lipinski definition) is 1. The van der Waals surface area contributed by atoms with E-state index in [-0.39, 0.29) is 11.8 Å². The zero-order valence-electron chi connectivity index (χ0n) is 10.6. The van der Waals surface area contributed by atoms with Gasteiger partial charge < -0.3 is 14.8 Å². The molecule has 0 radical (unpaired) electrons. The van der Waals surface area contributed by atoms with Crippen LogP contribution in [0.1, 0.15) is 19.8 Å². The maximum atomic E-state index is 12.1. The second-order valence-electron chi connectivity index (χ2n) is 4.31. The average molecular weight is 249 g/mol. The molecule has 1 aliphatic rings. The Bertz CT molecular complexity index is 400. The first-order valence-electron chi connectivity index (χ1n) is 6.41. The molecule has 1 saturated heterocycles. The van der Waals surface area contributed by atoms with Gasteiger partial charge in [-0.25, -0.2) is 0 Å². The van der Waals surface area contributed by atoms with Crippen molar-refractivity contribution in [3.63, 3.8) is 0 Å². The van der Waals surface area contributed by atoms with Crippen molar-refractivity contribution in [2.45, 2.75) is 19.8 Å². The van der Waals surface area contributed by atoms with Crippen LogP contribution in [0.3, 0.4) is 0 Å². The first kappa shape index (κ1) is 12.9. The number of carbonyl (C=O) groups excluding carboxylic acids is 1. The molecule has 0 saturated carbocycles. The Balaban J connectivity index is 2.01. The highest BCUT2D eigenvalue weighted by Crippen LogP contribution is 2.25. The van der Waals surface area contributed by atoms with Crippen molar-refractivity contribution in [2.24, 2.45) is 5.92 Å². The summed E-state index contributed by atoms with van der Waals surface area (Å²) in [5.74, 6) is 0.833. The van der Waals surface area contributed by atoms with Crippen LogP contribution in [0.25, 0.3) is 0 Å². The predicted octanol–water partition coefficient (Wildman–Crippen LogP) is 2.45. The lowest BCUT2D eigenvalue weighted by Gasteiger charge is -2.21. The van der Waals surface area contributed by atoms with E-state index in [1.165, 1.54) is 0 Å². The molecule has 0 aromatic heterocycles. The molecule has 0 spiro atoms. The minimum absolute atomic E-state index is 0.0495. The Kier molecular flexibility index (Phi) is 4.59. The molecule has 1 aromatic carbocycles. The van der Waals surface area contributed by atoms with Crippen LogP contribution in [0.15, 0.2) is 24.3 Å². The number of amides is 1. The molecular weight excluding hydrogens is 230 g/mol. The average Bonchev–Trinajstić information content (AvgIpc) is 2.42. The monoisotopic (exact) mass is 249 g/mol. The fourth-order valence-corrected chi connectivity index (χ4v) is 2.05. The third kappa shape index (κ3) is 3.23. The summed E-state index contributed by atoms with van der Waals surface area (Å²) in [6.07, 6.45) is 1.59. The lowest BCUT2D eigenvalue weighted by molar-refractivity contribution is -0.122. The first-order valence-corrected chi connectivity index (χ1v) is 6.41. The van der Waals surface area contributed by atoms with Gasteiger partial charge in [-0.1, -0.05) is 12.1 Å². The van der Waals surface area contributed by atoms with Crippen LogP contribution < -0.4 is 10.1 Å². The highest BCUT2D eigenvalue weighted by molar-refractivity contribution is 5.93. The number of benzene rings is 1. The van der Waals surface area contributed by atoms with Gasteiger partial charge in [-0.2, -0.15) is 0 Å². The zero-order chi connectivity index (χ0) is 12.8. The van der Waals surface area contributed by atoms with Gasteiger partial charge in [0.05, 0.1) is 12.3 Å². The number of hydrogen-bond acceptors (Lipinski definition) is 3. The molecule has 1 aromatic rings. The quantitative estimate of drug-likeness (QED) is 0.891. The van der Waals surface area contributed by atoms with Crippen molar-refractivity contribution >= 4 is 11.6 Å². The Hall–Kier alpha value is -1.55. The van der Waals surface area contributed by atoms with E-state index in [4.69, 9.17) is 9.47 Å². The summed E-state index contributed by atoms with van der Waals surface area (Å²) < 4.78 is 10.7. The smallest absolute Gasteiger partial charge is 0.227 e. The number of nitrogens with one attached hydrogen (secondary N) is 1. The van der Waals surface area contributed by atoms with Gasteiger partial charge in [-0.3, -0.25) is 4.79 Å². The Labute approximate surface area is 107 Å². The van der Waals surface area contributed by atoms with Crippen molar-refractivity contribution in [2.75, 3.05) is 25.1 Å². The molecule has 98 valence electrons. The summed E-state index contributed by atoms with van der Waals surface area (Å²) in [4.78, 5) is 12.1. The molecule has 2 rings (SSSR count). The molecule has 1 N–H and O–H groups in total. The Morgan fingerprint density at radius 2 is 2.11 bits per heavy atom. The highest BCUT2D eigenvalue weighted by atomic mass is 16.5. The van der Waals surface area contributed by atoms with Crippen molar-refractivity contribution in [1.82, 2.24) is 0 Å². The molecule has 0 aliphatic carbocycles. The molecule has 1 fully saturated rings. The topological polar surface area (TPSA) is 47.6 Å². The lowest BCUT2D eigenvalue weighted by atomic mass is 9.99. The van der Waals surface area contributed by atoms with Crippen molar-refractivity contribution in [3.8, 4) is 5.75 Å². The molecule has 0 atom stereocenters. The maximum Gasteiger partial charge on any atom is 0.227 e. The second-order valence-corrected chi connectivity index (χ2v) is 4.31. The van der Waals surface area contributed by atoms with E-state index in [0.717, 1.165) is 24.3 Å². The largest absolute Gasteiger partial charge is 0.492 e. The van der Waals surface area contributed by atoms with Crippen molar-refractivity contribution < 1.29 is 14.3 Å². The summed E-state index contributed by atoms with van der Waals surface area (Å²) >= 11 is 0. The van der Waals surface area contributed by atoms with E-state index in [1.807, 2.05) is 31.2 Å². The molecule has 1 amide bonds. The van der Waals surface area contributed by atoms with Crippen molar-refractivity contribution in [3.05, 3.63) is 24.3 Å². The molecule has 18 heavy (non-hydrogen) atoms. The summed E-state index contributed by atoms with van der Waals surface area (Å²) in [6, 6.07) is 7.52. The van der Waals surface area contributed by atoms with Gasteiger partial charge in [0.1, 0.15) is 5.75 Å². The van der Waals surface area contributed by atoms with Crippen LogP contribution in [0.4, 0.5) is 5.69 Å². The van der Waals surface area contributed by atoms with E-state index in [9.17, 15) is 4.79 Å². The van der Waals surface area contributed by atoms with Crippen LogP contribution >= 0.6 is 0 Å². The summed E-state index contributed by atoms with van der Waals surface area (Å²) in [5.41, 5.74) is 0.746. The van der Waals surface area contributed by atoms with Gasteiger partial charge >= 0.3 is 0 Å². The normalized spacial score (nSPS) is 16.3. The Morgan fingerprint density at radius 1 is 1.39 bits per heavy atom. The maximum absolute atomic E-state index is 12.1. The molecule has 0 unspecified atom stereocenters. The number of rotatable bonds is 4. The number of carbonyl (C=O) groups is 1. The van der Waals surface area contributed by atoms with Gasteiger partial charge in [0.2, 0.25) is 5.91 Å². The predicted molar refractivity (Wildman–Crippen MR) is 69.8 cm³/mol. The molecule has 1 heterocycles. The fourth-order valence-electron chi connectivity index (χ4n) is 2.05. The number of anilines is 1. The standard InChI is InChI=1S/C14H19NO3/c1-2-18-13-6-4-3-5-12(13)15-14(16)11-7-9-17-10-8-11/h3-6,11H,2,7-10H2,1H3,(H,15,16). The van der Waals surface area contributed by atoms with E-state index in [0.29, 0.717) is 19.8 Å². The van der Waals surface area contributed by atoms with Crippen LogP contribution in [-0.2, 0) is 9.53 Å². The van der Waals surface area contributed by atoms with Crippen LogP contribution in [0, 0.1) is 5.92 Å². The molecule has 0 bridgehead atoms. The minimum atomic E-state index is 0.0495. The van der Waals surface area contributed by atoms with Gasteiger partial charge in [-0.15, -0.1) is 0 Å². The van der Waals surface area contributed by atoms with E-state index in [2.05, 4.69) is 5.32 Å². The molecule has 4 heteroatoms. The van der Waals surface area contributed by atoms with Crippen LogP contribution in [-0.4, -0.2) is 25.7 Å². The number of ether oxygens (including phenoxy) is 2. The first-order chi connectivity index (χ1) is 8.81. The SMILES string of the molecule is CCOc1ccccc1NC(=O)C1CCOCC1. The lowest BCUT2D eigenvalue weighted by Crippen LogP contribution is -2.28. The minimum Gasteiger partial charge on any atom is -0.492 e. The highest BCUT2D eigenvalue weighted by Gasteiger charge is 2.22. The number of para-hydroxylation sites is 2. The van der Waals surface area contributed by atoms with Gasteiger partial charge in [-0.05, 0) is 31.9 Å². The Morgan fingerprint density at radius 3 is 2.83 bits per heavy atom. The fraction of sp³-hybridized carbons (Fsp3) is 0.500. The van der Waals surface area contributed by atoms with E-state index < -0.39 is 0 Å². The zero-order valence-corrected chi connectivity index (χ0v) is 10.6.